The molecule has 5 heteroatoms. The Bertz CT molecular complexity index is 254. The third kappa shape index (κ3) is 3.66. The number of rotatable bonds is 3. The number of hydrogen-bond donors (Lipinski definition) is 2. The summed E-state index contributed by atoms with van der Waals surface area (Å²) < 4.78 is 5.26. The van der Waals surface area contributed by atoms with Gasteiger partial charge in [-0.2, -0.15) is 0 Å². The maximum atomic E-state index is 11.9. The van der Waals surface area contributed by atoms with Crippen LogP contribution in [-0.2, 0) is 9.53 Å². The second kappa shape index (κ2) is 6.33. The Hall–Kier alpha value is -0.650. The Morgan fingerprint density at radius 3 is 2.94 bits per heavy atom. The highest BCUT2D eigenvalue weighted by Gasteiger charge is 2.23. The number of nitrogens with zero attached hydrogens (tertiary/aromatic N) is 1. The lowest BCUT2D eigenvalue weighted by atomic mass is 9.99. The van der Waals surface area contributed by atoms with E-state index in [0.29, 0.717) is 6.04 Å². The Morgan fingerprint density at radius 2 is 2.24 bits per heavy atom. The summed E-state index contributed by atoms with van der Waals surface area (Å²) in [5, 5.41) is 6.43. The second-order valence-corrected chi connectivity index (χ2v) is 4.97. The van der Waals surface area contributed by atoms with Crippen LogP contribution in [0.4, 0.5) is 0 Å². The zero-order valence-electron chi connectivity index (χ0n) is 10.6. The number of amides is 1. The highest BCUT2D eigenvalue weighted by Crippen LogP contribution is 2.14. The van der Waals surface area contributed by atoms with Gasteiger partial charge in [-0.1, -0.05) is 0 Å². The Labute approximate surface area is 103 Å². The van der Waals surface area contributed by atoms with Crippen molar-refractivity contribution in [2.24, 2.45) is 5.92 Å². The van der Waals surface area contributed by atoms with Crippen molar-refractivity contribution in [3.8, 4) is 0 Å². The molecule has 0 spiro atoms. The van der Waals surface area contributed by atoms with Crippen molar-refractivity contribution in [3.63, 3.8) is 0 Å². The van der Waals surface area contributed by atoms with E-state index in [4.69, 9.17) is 4.74 Å². The van der Waals surface area contributed by atoms with Gasteiger partial charge in [-0.15, -0.1) is 0 Å². The monoisotopic (exact) mass is 241 g/mol. The predicted molar refractivity (Wildman–Crippen MR) is 65.8 cm³/mol. The average Bonchev–Trinajstić information content (AvgIpc) is 2.38. The first-order valence-electron chi connectivity index (χ1n) is 6.54. The maximum Gasteiger partial charge on any atom is 0.223 e. The van der Waals surface area contributed by atoms with Crippen molar-refractivity contribution in [2.75, 3.05) is 46.4 Å². The van der Waals surface area contributed by atoms with Crippen LogP contribution < -0.4 is 10.6 Å². The second-order valence-electron chi connectivity index (χ2n) is 4.97. The van der Waals surface area contributed by atoms with E-state index in [0.717, 1.165) is 52.2 Å². The fourth-order valence-electron chi connectivity index (χ4n) is 2.41. The van der Waals surface area contributed by atoms with Crippen LogP contribution in [0.1, 0.15) is 12.8 Å². The zero-order valence-corrected chi connectivity index (χ0v) is 10.6. The summed E-state index contributed by atoms with van der Waals surface area (Å²) in [6.07, 6.45) is 1.73. The predicted octanol–water partition coefficient (Wildman–Crippen LogP) is -0.567. The standard InChI is InChI=1S/C12H23N3O2/c1-15-5-4-13-8-11(15)9-14-12(16)10-2-6-17-7-3-10/h10-11,13H,2-9H2,1H3,(H,14,16). The molecule has 2 heterocycles. The summed E-state index contributed by atoms with van der Waals surface area (Å²) >= 11 is 0. The van der Waals surface area contributed by atoms with Gasteiger partial charge in [-0.3, -0.25) is 9.69 Å². The summed E-state index contributed by atoms with van der Waals surface area (Å²) in [4.78, 5) is 14.2. The first kappa shape index (κ1) is 12.8. The lowest BCUT2D eigenvalue weighted by Gasteiger charge is -2.33. The van der Waals surface area contributed by atoms with Gasteiger partial charge in [0.05, 0.1) is 0 Å². The molecule has 1 atom stereocenters. The first-order chi connectivity index (χ1) is 8.27. The third-order valence-electron chi connectivity index (χ3n) is 3.75. The largest absolute Gasteiger partial charge is 0.381 e. The van der Waals surface area contributed by atoms with E-state index >= 15 is 0 Å². The molecule has 2 aliphatic heterocycles. The smallest absolute Gasteiger partial charge is 0.223 e. The van der Waals surface area contributed by atoms with Gasteiger partial charge < -0.3 is 15.4 Å². The van der Waals surface area contributed by atoms with Gasteiger partial charge >= 0.3 is 0 Å². The molecular formula is C12H23N3O2. The quantitative estimate of drug-likeness (QED) is 0.695. The molecule has 2 N–H and O–H groups in total. The number of carbonyl (C=O) groups is 1. The van der Waals surface area contributed by atoms with Crippen molar-refractivity contribution in [2.45, 2.75) is 18.9 Å². The van der Waals surface area contributed by atoms with E-state index < -0.39 is 0 Å². The normalized spacial score (nSPS) is 27.9. The van der Waals surface area contributed by atoms with Crippen LogP contribution >= 0.6 is 0 Å². The van der Waals surface area contributed by atoms with Crippen molar-refractivity contribution in [3.05, 3.63) is 0 Å². The van der Waals surface area contributed by atoms with Crippen LogP contribution in [0.2, 0.25) is 0 Å². The van der Waals surface area contributed by atoms with Crippen molar-refractivity contribution < 1.29 is 9.53 Å². The minimum atomic E-state index is 0.158. The van der Waals surface area contributed by atoms with Crippen molar-refractivity contribution in [1.82, 2.24) is 15.5 Å². The topological polar surface area (TPSA) is 53.6 Å². The lowest BCUT2D eigenvalue weighted by Crippen LogP contribution is -2.54. The Kier molecular flexibility index (Phi) is 4.76. The maximum absolute atomic E-state index is 11.9. The average molecular weight is 241 g/mol. The summed E-state index contributed by atoms with van der Waals surface area (Å²) in [5.41, 5.74) is 0. The van der Waals surface area contributed by atoms with Crippen LogP contribution in [0, 0.1) is 5.92 Å². The van der Waals surface area contributed by atoms with Gasteiger partial charge in [0, 0.05) is 51.4 Å². The molecule has 2 rings (SSSR count). The number of hydrogen-bond acceptors (Lipinski definition) is 4. The van der Waals surface area contributed by atoms with Crippen LogP contribution in [0.5, 0.6) is 0 Å². The lowest BCUT2D eigenvalue weighted by molar-refractivity contribution is -0.128. The molecule has 1 unspecified atom stereocenters. The Balaban J connectivity index is 1.71. The molecule has 0 aromatic heterocycles. The zero-order chi connectivity index (χ0) is 12.1. The van der Waals surface area contributed by atoms with Crippen LogP contribution in [0.15, 0.2) is 0 Å². The molecule has 0 aliphatic carbocycles. The minimum absolute atomic E-state index is 0.158. The van der Waals surface area contributed by atoms with Crippen LogP contribution in [0.25, 0.3) is 0 Å². The summed E-state index contributed by atoms with van der Waals surface area (Å²) in [7, 11) is 2.12. The fraction of sp³-hybridized carbons (Fsp3) is 0.917. The van der Waals surface area contributed by atoms with E-state index in [1.807, 2.05) is 0 Å². The molecule has 98 valence electrons. The Morgan fingerprint density at radius 1 is 1.47 bits per heavy atom. The molecule has 5 nitrogen and oxygen atoms in total. The van der Waals surface area contributed by atoms with Crippen LogP contribution in [-0.4, -0.2) is 63.3 Å². The first-order valence-corrected chi connectivity index (χ1v) is 6.54. The molecule has 0 bridgehead atoms. The number of likely N-dealkylation sites (N-methyl/N-ethyl adjacent to an activating group) is 1. The highest BCUT2D eigenvalue weighted by molar-refractivity contribution is 5.78. The van der Waals surface area contributed by atoms with Crippen molar-refractivity contribution in [1.29, 1.82) is 0 Å². The van der Waals surface area contributed by atoms with E-state index in [1.54, 1.807) is 0 Å². The molecule has 0 aromatic rings. The summed E-state index contributed by atoms with van der Waals surface area (Å²) in [5.74, 6) is 0.359. The minimum Gasteiger partial charge on any atom is -0.381 e. The molecule has 1 amide bonds. The summed E-state index contributed by atoms with van der Waals surface area (Å²) in [6, 6.07) is 0.424. The number of nitrogens with one attached hydrogen (secondary N) is 2. The van der Waals surface area contributed by atoms with Gasteiger partial charge in [0.25, 0.3) is 0 Å². The van der Waals surface area contributed by atoms with Gasteiger partial charge in [0.15, 0.2) is 0 Å². The molecule has 2 fully saturated rings. The number of ether oxygens (including phenoxy) is 1. The fourth-order valence-corrected chi connectivity index (χ4v) is 2.41. The van der Waals surface area contributed by atoms with E-state index in [-0.39, 0.29) is 11.8 Å². The molecular weight excluding hydrogens is 218 g/mol. The van der Waals surface area contributed by atoms with E-state index in [9.17, 15) is 4.79 Å². The van der Waals surface area contributed by atoms with Gasteiger partial charge in [-0.25, -0.2) is 0 Å². The molecule has 0 saturated carbocycles. The molecule has 2 saturated heterocycles. The van der Waals surface area contributed by atoms with E-state index in [1.165, 1.54) is 0 Å². The molecule has 2 aliphatic rings. The molecule has 0 radical (unpaired) electrons. The van der Waals surface area contributed by atoms with Gasteiger partial charge in [0.2, 0.25) is 5.91 Å². The van der Waals surface area contributed by atoms with Crippen molar-refractivity contribution >= 4 is 5.91 Å². The van der Waals surface area contributed by atoms with Gasteiger partial charge in [-0.05, 0) is 19.9 Å². The summed E-state index contributed by atoms with van der Waals surface area (Å²) in [6.45, 7) is 5.26. The SMILES string of the molecule is CN1CCNCC1CNC(=O)C1CCOCC1. The molecule has 0 aromatic carbocycles. The van der Waals surface area contributed by atoms with Gasteiger partial charge in [0.1, 0.15) is 0 Å². The number of carbonyl (C=O) groups excluding carboxylic acids is 1. The number of piperazine rings is 1. The third-order valence-corrected chi connectivity index (χ3v) is 3.75. The van der Waals surface area contributed by atoms with Crippen LogP contribution in [0.3, 0.4) is 0 Å². The highest BCUT2D eigenvalue weighted by atomic mass is 16.5. The molecule has 17 heavy (non-hydrogen) atoms. The van der Waals surface area contributed by atoms with E-state index in [2.05, 4.69) is 22.6 Å².